The van der Waals surface area contributed by atoms with Crippen LogP contribution in [0.3, 0.4) is 0 Å². The number of esters is 1. The first-order valence-electron chi connectivity index (χ1n) is 8.54. The van der Waals surface area contributed by atoms with Crippen molar-refractivity contribution in [1.29, 1.82) is 0 Å². The van der Waals surface area contributed by atoms with Gasteiger partial charge in [-0.3, -0.25) is 9.59 Å². The number of aliphatic hydroxyl groups is 2. The average molecular weight is 340 g/mol. The summed E-state index contributed by atoms with van der Waals surface area (Å²) in [6.07, 6.45) is 8.35. The molecule has 1 aliphatic heterocycles. The summed E-state index contributed by atoms with van der Waals surface area (Å²) in [5.41, 5.74) is 0. The summed E-state index contributed by atoms with van der Waals surface area (Å²) in [4.78, 5) is 22.0. The fraction of sp³-hybridized carbons (Fsp3) is 0.667. The van der Waals surface area contributed by atoms with Gasteiger partial charge < -0.3 is 20.1 Å². The van der Waals surface area contributed by atoms with Gasteiger partial charge in [-0.05, 0) is 18.9 Å². The van der Waals surface area contributed by atoms with Crippen LogP contribution >= 0.6 is 0 Å². The average Bonchev–Trinajstić information content (AvgIpc) is 2.51. The van der Waals surface area contributed by atoms with Gasteiger partial charge in [0.05, 0.1) is 25.0 Å². The number of cyclic esters (lactones) is 1. The van der Waals surface area contributed by atoms with Gasteiger partial charge in [-0.2, -0.15) is 0 Å². The van der Waals surface area contributed by atoms with Gasteiger partial charge >= 0.3 is 11.9 Å². The van der Waals surface area contributed by atoms with Crippen LogP contribution in [-0.2, 0) is 14.3 Å². The highest BCUT2D eigenvalue weighted by molar-refractivity contribution is 5.71. The molecule has 6 nitrogen and oxygen atoms in total. The highest BCUT2D eigenvalue weighted by Gasteiger charge is 2.35. The lowest BCUT2D eigenvalue weighted by Gasteiger charge is -2.32. The maximum absolute atomic E-state index is 11.5. The van der Waals surface area contributed by atoms with Crippen molar-refractivity contribution in [2.45, 2.75) is 70.2 Å². The minimum absolute atomic E-state index is 0.0686. The van der Waals surface area contributed by atoms with Gasteiger partial charge in [-0.25, -0.2) is 0 Å². The monoisotopic (exact) mass is 340 g/mol. The van der Waals surface area contributed by atoms with Crippen LogP contribution in [0.15, 0.2) is 24.3 Å². The summed E-state index contributed by atoms with van der Waals surface area (Å²) in [6.45, 7) is 2.09. The van der Waals surface area contributed by atoms with Crippen LogP contribution in [0.1, 0.15) is 51.9 Å². The lowest BCUT2D eigenvalue weighted by Crippen LogP contribution is -2.41. The molecule has 0 bridgehead atoms. The van der Waals surface area contributed by atoms with Crippen LogP contribution in [-0.4, -0.2) is 45.6 Å². The van der Waals surface area contributed by atoms with E-state index in [-0.39, 0.29) is 18.8 Å². The van der Waals surface area contributed by atoms with Crippen molar-refractivity contribution in [2.24, 2.45) is 5.92 Å². The highest BCUT2D eigenvalue weighted by atomic mass is 16.5. The summed E-state index contributed by atoms with van der Waals surface area (Å²) in [6, 6.07) is 0. The Bertz CT molecular complexity index is 456. The Morgan fingerprint density at radius 3 is 2.79 bits per heavy atom. The molecule has 0 unspecified atom stereocenters. The van der Waals surface area contributed by atoms with E-state index in [4.69, 9.17) is 9.84 Å². The number of aliphatic carboxylic acids is 1. The number of hydrogen-bond acceptors (Lipinski definition) is 5. The maximum atomic E-state index is 11.5. The number of carboxylic acids is 1. The van der Waals surface area contributed by atoms with Crippen molar-refractivity contribution >= 4 is 11.9 Å². The first-order chi connectivity index (χ1) is 11.4. The van der Waals surface area contributed by atoms with Crippen LogP contribution < -0.4 is 0 Å². The second-order valence-electron chi connectivity index (χ2n) is 6.14. The summed E-state index contributed by atoms with van der Waals surface area (Å²) < 4.78 is 5.28. The summed E-state index contributed by atoms with van der Waals surface area (Å²) in [7, 11) is 0. The second kappa shape index (κ2) is 11.0. The van der Waals surface area contributed by atoms with Crippen LogP contribution in [0, 0.1) is 5.92 Å². The number of carbonyl (C=O) groups is 2. The first-order valence-corrected chi connectivity index (χ1v) is 8.54. The van der Waals surface area contributed by atoms with Crippen LogP contribution in [0.2, 0.25) is 0 Å². The number of aliphatic hydroxyl groups excluding tert-OH is 2. The van der Waals surface area contributed by atoms with E-state index in [1.807, 2.05) is 0 Å². The van der Waals surface area contributed by atoms with Crippen molar-refractivity contribution in [3.05, 3.63) is 24.3 Å². The Morgan fingerprint density at radius 1 is 1.38 bits per heavy atom. The molecule has 0 aliphatic carbocycles. The molecule has 1 heterocycles. The summed E-state index contributed by atoms with van der Waals surface area (Å²) in [5.74, 6) is -1.73. The van der Waals surface area contributed by atoms with Gasteiger partial charge in [0.1, 0.15) is 6.10 Å². The standard InChI is InChI=1S/C18H28O6/c1-2-3-4-7-13(19)10-11-16-14(8-5-6-9-17(21)22)15(20)12-18(23)24-16/h5-6,10-11,13-16,19-20H,2-4,7-9,12H2,1H3,(H,21,22)/b6-5-,11-10+/t13-,14+,15+,16-/m1/s1. The largest absolute Gasteiger partial charge is 0.481 e. The molecular weight excluding hydrogens is 312 g/mol. The van der Waals surface area contributed by atoms with Gasteiger partial charge in [0.15, 0.2) is 0 Å². The molecule has 1 saturated heterocycles. The van der Waals surface area contributed by atoms with Gasteiger partial charge in [0, 0.05) is 5.92 Å². The molecular formula is C18H28O6. The number of hydrogen-bond donors (Lipinski definition) is 3. The van der Waals surface area contributed by atoms with Crippen molar-refractivity contribution in [2.75, 3.05) is 0 Å². The molecule has 0 saturated carbocycles. The number of rotatable bonds is 10. The molecule has 0 aromatic heterocycles. The summed E-state index contributed by atoms with van der Waals surface area (Å²) >= 11 is 0. The smallest absolute Gasteiger partial charge is 0.309 e. The van der Waals surface area contributed by atoms with Crippen molar-refractivity contribution in [3.63, 3.8) is 0 Å². The molecule has 1 rings (SSSR count). The molecule has 0 radical (unpaired) electrons. The fourth-order valence-corrected chi connectivity index (χ4v) is 2.68. The molecule has 24 heavy (non-hydrogen) atoms. The van der Waals surface area contributed by atoms with Crippen molar-refractivity contribution in [1.82, 2.24) is 0 Å². The molecule has 4 atom stereocenters. The van der Waals surface area contributed by atoms with E-state index in [1.165, 1.54) is 6.08 Å². The molecule has 0 spiro atoms. The normalized spacial score (nSPS) is 26.0. The van der Waals surface area contributed by atoms with E-state index in [0.29, 0.717) is 12.8 Å². The molecule has 6 heteroatoms. The van der Waals surface area contributed by atoms with Crippen LogP contribution in [0.25, 0.3) is 0 Å². The minimum Gasteiger partial charge on any atom is -0.481 e. The molecule has 1 aliphatic rings. The zero-order chi connectivity index (χ0) is 17.9. The minimum atomic E-state index is -0.923. The van der Waals surface area contributed by atoms with Gasteiger partial charge in [-0.1, -0.05) is 44.4 Å². The van der Waals surface area contributed by atoms with E-state index < -0.39 is 30.3 Å². The number of unbranched alkanes of at least 4 members (excludes halogenated alkanes) is 2. The second-order valence-corrected chi connectivity index (χ2v) is 6.14. The predicted octanol–water partition coefficient (Wildman–Crippen LogP) is 2.20. The number of ether oxygens (including phenoxy) is 1. The lowest BCUT2D eigenvalue weighted by atomic mass is 9.87. The van der Waals surface area contributed by atoms with E-state index in [1.54, 1.807) is 18.2 Å². The molecule has 1 fully saturated rings. The molecule has 136 valence electrons. The Kier molecular flexibility index (Phi) is 9.34. The third-order valence-electron chi connectivity index (χ3n) is 4.05. The zero-order valence-electron chi connectivity index (χ0n) is 14.1. The van der Waals surface area contributed by atoms with Gasteiger partial charge in [0.2, 0.25) is 0 Å². The van der Waals surface area contributed by atoms with Crippen molar-refractivity contribution < 1.29 is 29.6 Å². The number of carbonyl (C=O) groups excluding carboxylic acids is 1. The SMILES string of the molecule is CCCCC[C@@H](O)/C=C/[C@H]1OC(=O)C[C@H](O)[C@@H]1C/C=C\CC(=O)O. The van der Waals surface area contributed by atoms with Gasteiger partial charge in [0.25, 0.3) is 0 Å². The van der Waals surface area contributed by atoms with E-state index in [2.05, 4.69) is 6.92 Å². The Morgan fingerprint density at radius 2 is 2.12 bits per heavy atom. The third-order valence-corrected chi connectivity index (χ3v) is 4.05. The third kappa shape index (κ3) is 7.75. The topological polar surface area (TPSA) is 104 Å². The Hall–Kier alpha value is -1.66. The van der Waals surface area contributed by atoms with Gasteiger partial charge in [-0.15, -0.1) is 0 Å². The van der Waals surface area contributed by atoms with E-state index in [0.717, 1.165) is 19.3 Å². The van der Waals surface area contributed by atoms with E-state index in [9.17, 15) is 19.8 Å². The Labute approximate surface area is 142 Å². The molecule has 0 aromatic carbocycles. The zero-order valence-corrected chi connectivity index (χ0v) is 14.1. The maximum Gasteiger partial charge on any atom is 0.309 e. The lowest BCUT2D eigenvalue weighted by molar-refractivity contribution is -0.163. The summed E-state index contributed by atoms with van der Waals surface area (Å²) in [5, 5.41) is 28.7. The predicted molar refractivity (Wildman–Crippen MR) is 89.3 cm³/mol. The first kappa shape index (κ1) is 20.4. The van der Waals surface area contributed by atoms with Crippen LogP contribution in [0.4, 0.5) is 0 Å². The highest BCUT2D eigenvalue weighted by Crippen LogP contribution is 2.27. The Balaban J connectivity index is 2.62. The number of allylic oxidation sites excluding steroid dienone is 1. The fourth-order valence-electron chi connectivity index (χ4n) is 2.68. The number of carboxylic acid groups (broad SMARTS) is 1. The van der Waals surface area contributed by atoms with E-state index >= 15 is 0 Å². The molecule has 3 N–H and O–H groups in total. The molecule has 0 amide bonds. The molecule has 0 aromatic rings. The quantitative estimate of drug-likeness (QED) is 0.320. The van der Waals surface area contributed by atoms with Crippen LogP contribution in [0.5, 0.6) is 0 Å². The van der Waals surface area contributed by atoms with Crippen molar-refractivity contribution in [3.8, 4) is 0 Å².